The van der Waals surface area contributed by atoms with Crippen molar-refractivity contribution in [3.63, 3.8) is 0 Å². The monoisotopic (exact) mass is 314 g/mol. The zero-order chi connectivity index (χ0) is 15.5. The first-order valence-corrected chi connectivity index (χ1v) is 8.16. The summed E-state index contributed by atoms with van der Waals surface area (Å²) in [5.74, 6) is 0.374. The number of rotatable bonds is 5. The molecule has 0 aromatic carbocycles. The fourth-order valence-electron chi connectivity index (χ4n) is 2.16. The molecule has 0 fully saturated rings. The predicted octanol–water partition coefficient (Wildman–Crippen LogP) is 2.89. The van der Waals surface area contributed by atoms with Gasteiger partial charge in [-0.1, -0.05) is 13.8 Å². The van der Waals surface area contributed by atoms with Crippen LogP contribution in [-0.4, -0.2) is 26.8 Å². The van der Waals surface area contributed by atoms with Crippen molar-refractivity contribution in [2.24, 2.45) is 0 Å². The topological polar surface area (TPSA) is 59.3 Å². The first-order valence-electron chi connectivity index (χ1n) is 7.28. The maximum absolute atomic E-state index is 12.1. The van der Waals surface area contributed by atoms with Crippen LogP contribution in [0.3, 0.4) is 0 Å². The van der Waals surface area contributed by atoms with E-state index >= 15 is 0 Å². The van der Waals surface area contributed by atoms with Crippen LogP contribution in [0.15, 0.2) is 36.1 Å². The van der Waals surface area contributed by atoms with Gasteiger partial charge in [0.25, 0.3) is 5.91 Å². The van der Waals surface area contributed by atoms with Gasteiger partial charge in [-0.2, -0.15) is 0 Å². The van der Waals surface area contributed by atoms with Gasteiger partial charge >= 0.3 is 0 Å². The number of thiazole rings is 1. The maximum Gasteiger partial charge on any atom is 0.251 e. The molecule has 3 aromatic heterocycles. The van der Waals surface area contributed by atoms with Crippen LogP contribution in [0.5, 0.6) is 0 Å². The molecule has 5 nitrogen and oxygen atoms in total. The third-order valence-electron chi connectivity index (χ3n) is 3.39. The molecular formula is C16H18N4OS. The lowest BCUT2D eigenvalue weighted by atomic mass is 10.2. The highest BCUT2D eigenvalue weighted by Gasteiger charge is 2.08. The molecule has 0 atom stereocenters. The number of carbonyl (C=O) groups is 1. The van der Waals surface area contributed by atoms with Crippen molar-refractivity contribution in [3.8, 4) is 0 Å². The summed E-state index contributed by atoms with van der Waals surface area (Å²) in [7, 11) is 0. The standard InChI is InChI=1S/C16H18N4OS/c1-11(2)16-19-13(10-22-16)3-5-18-15(21)12-4-7-20-8-6-17-14(20)9-12/h4,6-11H,3,5H2,1-2H3,(H,18,21). The van der Waals surface area contributed by atoms with Gasteiger partial charge in [0.15, 0.2) is 0 Å². The normalized spacial score (nSPS) is 11.2. The molecule has 3 heterocycles. The first-order chi connectivity index (χ1) is 10.6. The zero-order valence-corrected chi connectivity index (χ0v) is 13.4. The van der Waals surface area contributed by atoms with E-state index in [4.69, 9.17) is 0 Å². The van der Waals surface area contributed by atoms with Crippen LogP contribution in [0, 0.1) is 0 Å². The van der Waals surface area contributed by atoms with Gasteiger partial charge in [0.05, 0.1) is 10.7 Å². The third kappa shape index (κ3) is 3.17. The number of nitrogens with zero attached hydrogens (tertiary/aromatic N) is 3. The number of aromatic nitrogens is 3. The van der Waals surface area contributed by atoms with Crippen LogP contribution >= 0.6 is 11.3 Å². The van der Waals surface area contributed by atoms with E-state index in [0.717, 1.165) is 22.8 Å². The molecule has 1 N–H and O–H groups in total. The van der Waals surface area contributed by atoms with Crippen LogP contribution < -0.4 is 5.32 Å². The average Bonchev–Trinajstić information content (AvgIpc) is 3.15. The van der Waals surface area contributed by atoms with Gasteiger partial charge in [-0.05, 0) is 12.1 Å². The van der Waals surface area contributed by atoms with Crippen molar-refractivity contribution in [1.82, 2.24) is 19.7 Å². The van der Waals surface area contributed by atoms with E-state index in [0.29, 0.717) is 18.0 Å². The lowest BCUT2D eigenvalue weighted by Gasteiger charge is -2.04. The smallest absolute Gasteiger partial charge is 0.251 e. The highest BCUT2D eigenvalue weighted by molar-refractivity contribution is 7.09. The molecule has 0 radical (unpaired) electrons. The molecule has 0 aliphatic carbocycles. The molecule has 0 saturated heterocycles. The summed E-state index contributed by atoms with van der Waals surface area (Å²) in [5, 5.41) is 6.14. The van der Waals surface area contributed by atoms with E-state index < -0.39 is 0 Å². The van der Waals surface area contributed by atoms with Crippen molar-refractivity contribution in [1.29, 1.82) is 0 Å². The number of imidazole rings is 1. The predicted molar refractivity (Wildman–Crippen MR) is 87.4 cm³/mol. The SMILES string of the molecule is CC(C)c1nc(CCNC(=O)c2ccn3ccnc3c2)cs1. The quantitative estimate of drug-likeness (QED) is 0.788. The molecular weight excluding hydrogens is 296 g/mol. The van der Waals surface area contributed by atoms with E-state index in [2.05, 4.69) is 34.5 Å². The maximum atomic E-state index is 12.1. The second-order valence-corrected chi connectivity index (χ2v) is 6.34. The van der Waals surface area contributed by atoms with Crippen LogP contribution in [0.1, 0.15) is 40.8 Å². The second-order valence-electron chi connectivity index (χ2n) is 5.45. The summed E-state index contributed by atoms with van der Waals surface area (Å²) in [6.07, 6.45) is 6.16. The molecule has 1 amide bonds. The summed E-state index contributed by atoms with van der Waals surface area (Å²) in [4.78, 5) is 20.9. The molecule has 0 bridgehead atoms. The van der Waals surface area contributed by atoms with Crippen molar-refractivity contribution < 1.29 is 4.79 Å². The van der Waals surface area contributed by atoms with Gasteiger partial charge < -0.3 is 9.72 Å². The number of hydrogen-bond donors (Lipinski definition) is 1. The number of amides is 1. The molecule has 0 spiro atoms. The second kappa shape index (κ2) is 6.27. The van der Waals surface area contributed by atoms with E-state index in [9.17, 15) is 4.79 Å². The van der Waals surface area contributed by atoms with Crippen molar-refractivity contribution in [2.75, 3.05) is 6.54 Å². The summed E-state index contributed by atoms with van der Waals surface area (Å²) < 4.78 is 1.87. The molecule has 0 aliphatic heterocycles. The summed E-state index contributed by atoms with van der Waals surface area (Å²) >= 11 is 1.68. The van der Waals surface area contributed by atoms with Crippen molar-refractivity contribution >= 4 is 22.9 Å². The molecule has 0 aliphatic rings. The van der Waals surface area contributed by atoms with Crippen LogP contribution in [0.4, 0.5) is 0 Å². The minimum Gasteiger partial charge on any atom is -0.352 e. The van der Waals surface area contributed by atoms with Crippen LogP contribution in [0.2, 0.25) is 0 Å². The number of carbonyl (C=O) groups excluding carboxylic acids is 1. The molecule has 6 heteroatoms. The largest absolute Gasteiger partial charge is 0.352 e. The molecule has 114 valence electrons. The van der Waals surface area contributed by atoms with Crippen LogP contribution in [-0.2, 0) is 6.42 Å². The van der Waals surface area contributed by atoms with E-state index in [1.807, 2.05) is 16.8 Å². The summed E-state index contributed by atoms with van der Waals surface area (Å²) in [5.41, 5.74) is 2.44. The molecule has 0 unspecified atom stereocenters. The molecule has 3 aromatic rings. The molecule has 0 saturated carbocycles. The Morgan fingerprint density at radius 3 is 3.05 bits per heavy atom. The average molecular weight is 314 g/mol. The van der Waals surface area contributed by atoms with E-state index in [-0.39, 0.29) is 5.91 Å². The van der Waals surface area contributed by atoms with Crippen LogP contribution in [0.25, 0.3) is 5.65 Å². The molecule has 22 heavy (non-hydrogen) atoms. The van der Waals surface area contributed by atoms with E-state index in [1.165, 1.54) is 0 Å². The van der Waals surface area contributed by atoms with Gasteiger partial charge in [-0.15, -0.1) is 11.3 Å². The van der Waals surface area contributed by atoms with Gasteiger partial charge in [0.2, 0.25) is 0 Å². The Labute approximate surface area is 133 Å². The fraction of sp³-hybridized carbons (Fsp3) is 0.312. The van der Waals surface area contributed by atoms with Gasteiger partial charge in [-0.3, -0.25) is 4.79 Å². The zero-order valence-electron chi connectivity index (χ0n) is 12.6. The Morgan fingerprint density at radius 1 is 1.41 bits per heavy atom. The minimum atomic E-state index is -0.0789. The van der Waals surface area contributed by atoms with E-state index in [1.54, 1.807) is 29.7 Å². The number of hydrogen-bond acceptors (Lipinski definition) is 4. The Bertz CT molecular complexity index is 790. The Hall–Kier alpha value is -2.21. The van der Waals surface area contributed by atoms with Gasteiger partial charge in [0, 0.05) is 48.4 Å². The van der Waals surface area contributed by atoms with Gasteiger partial charge in [-0.25, -0.2) is 9.97 Å². The summed E-state index contributed by atoms with van der Waals surface area (Å²) in [6.45, 7) is 4.85. The lowest BCUT2D eigenvalue weighted by Crippen LogP contribution is -2.25. The molecule has 3 rings (SSSR count). The van der Waals surface area contributed by atoms with Crippen molar-refractivity contribution in [3.05, 3.63) is 52.4 Å². The number of nitrogens with one attached hydrogen (secondary N) is 1. The number of pyridine rings is 1. The lowest BCUT2D eigenvalue weighted by molar-refractivity contribution is 0.0954. The highest BCUT2D eigenvalue weighted by atomic mass is 32.1. The first kappa shape index (κ1) is 14.7. The Kier molecular flexibility index (Phi) is 4.20. The highest BCUT2D eigenvalue weighted by Crippen LogP contribution is 2.19. The summed E-state index contributed by atoms with van der Waals surface area (Å²) in [6, 6.07) is 3.58. The fourth-order valence-corrected chi connectivity index (χ4v) is 3.03. The third-order valence-corrected chi connectivity index (χ3v) is 4.58. The van der Waals surface area contributed by atoms with Crippen molar-refractivity contribution in [2.45, 2.75) is 26.2 Å². The Balaban J connectivity index is 1.57. The Morgan fingerprint density at radius 2 is 2.27 bits per heavy atom. The number of fused-ring (bicyclic) bond motifs is 1. The van der Waals surface area contributed by atoms with Gasteiger partial charge in [0.1, 0.15) is 5.65 Å². The minimum absolute atomic E-state index is 0.0789.